The predicted octanol–water partition coefficient (Wildman–Crippen LogP) is 11.9. The van der Waals surface area contributed by atoms with E-state index in [0.29, 0.717) is 0 Å². The van der Waals surface area contributed by atoms with Gasteiger partial charge in [-0.05, 0) is 80.9 Å². The molecule has 0 aliphatic heterocycles. The molecule has 0 unspecified atom stereocenters. The van der Waals surface area contributed by atoms with Gasteiger partial charge in [-0.1, -0.05) is 125 Å². The van der Waals surface area contributed by atoms with Crippen LogP contribution in [0, 0.1) is 0 Å². The standard InChI is InChI=1S/C47H35N3/c1-46(2)37-17-9-5-13-30(37)32-23-21-28(25-39(32)46)49-41-19-11-7-15-34(41)36-27-48-43-35-16-8-12-20-42(35)50(45(43)44(36)49)29-22-24-33-31-14-6-10-18-38(31)47(3,4)40(33)26-29/h5-27H,1-4H3. The van der Waals surface area contributed by atoms with Crippen LogP contribution in [0.25, 0.3) is 77.4 Å². The van der Waals surface area contributed by atoms with E-state index in [-0.39, 0.29) is 10.8 Å². The van der Waals surface area contributed by atoms with Crippen LogP contribution in [0.1, 0.15) is 49.9 Å². The molecule has 3 heteroatoms. The Morgan fingerprint density at radius 3 is 1.48 bits per heavy atom. The van der Waals surface area contributed by atoms with Gasteiger partial charge in [-0.15, -0.1) is 0 Å². The van der Waals surface area contributed by atoms with Crippen molar-refractivity contribution in [3.8, 4) is 33.6 Å². The number of nitrogens with zero attached hydrogens (tertiary/aromatic N) is 3. The Hall–Kier alpha value is -5.93. The topological polar surface area (TPSA) is 22.8 Å². The van der Waals surface area contributed by atoms with Crippen LogP contribution in [0.2, 0.25) is 0 Å². The number of para-hydroxylation sites is 2. The Bertz CT molecular complexity index is 2730. The third-order valence-corrected chi connectivity index (χ3v) is 12.0. The van der Waals surface area contributed by atoms with Gasteiger partial charge in [0.05, 0.1) is 27.6 Å². The van der Waals surface area contributed by atoms with Gasteiger partial charge in [0.25, 0.3) is 0 Å². The van der Waals surface area contributed by atoms with Gasteiger partial charge < -0.3 is 9.13 Å². The average molecular weight is 642 g/mol. The van der Waals surface area contributed by atoms with E-state index in [2.05, 4.69) is 176 Å². The summed E-state index contributed by atoms with van der Waals surface area (Å²) in [6.07, 6.45) is 2.10. The molecule has 0 amide bonds. The van der Waals surface area contributed by atoms with Crippen LogP contribution in [0.15, 0.2) is 140 Å². The Morgan fingerprint density at radius 2 is 0.880 bits per heavy atom. The molecular formula is C47H35N3. The van der Waals surface area contributed by atoms with E-state index in [4.69, 9.17) is 4.98 Å². The fourth-order valence-corrected chi connectivity index (χ4v) is 9.53. The predicted molar refractivity (Wildman–Crippen MR) is 208 cm³/mol. The fourth-order valence-electron chi connectivity index (χ4n) is 9.53. The molecule has 9 aromatic rings. The molecule has 6 aromatic carbocycles. The first-order valence-electron chi connectivity index (χ1n) is 17.6. The van der Waals surface area contributed by atoms with Crippen LogP contribution < -0.4 is 0 Å². The minimum absolute atomic E-state index is 0.0960. The zero-order valence-corrected chi connectivity index (χ0v) is 28.6. The Morgan fingerprint density at radius 1 is 0.420 bits per heavy atom. The van der Waals surface area contributed by atoms with Gasteiger partial charge in [0.1, 0.15) is 0 Å². The molecule has 0 radical (unpaired) electrons. The lowest BCUT2D eigenvalue weighted by molar-refractivity contribution is 0.659. The largest absolute Gasteiger partial charge is 0.307 e. The highest BCUT2D eigenvalue weighted by molar-refractivity contribution is 6.22. The van der Waals surface area contributed by atoms with Crippen molar-refractivity contribution in [3.63, 3.8) is 0 Å². The molecule has 11 rings (SSSR count). The van der Waals surface area contributed by atoms with Crippen LogP contribution >= 0.6 is 0 Å². The van der Waals surface area contributed by atoms with E-state index >= 15 is 0 Å². The van der Waals surface area contributed by atoms with E-state index in [9.17, 15) is 0 Å². The molecule has 50 heavy (non-hydrogen) atoms. The smallest absolute Gasteiger partial charge is 0.0985 e. The highest BCUT2D eigenvalue weighted by Gasteiger charge is 2.37. The van der Waals surface area contributed by atoms with E-state index in [1.807, 2.05) is 0 Å². The van der Waals surface area contributed by atoms with Gasteiger partial charge in [0.15, 0.2) is 0 Å². The van der Waals surface area contributed by atoms with Crippen molar-refractivity contribution in [1.82, 2.24) is 14.1 Å². The molecule has 3 nitrogen and oxygen atoms in total. The maximum absolute atomic E-state index is 5.25. The maximum atomic E-state index is 5.25. The first-order valence-corrected chi connectivity index (χ1v) is 17.6. The van der Waals surface area contributed by atoms with Gasteiger partial charge in [0, 0.05) is 44.6 Å². The van der Waals surface area contributed by atoms with E-state index in [1.54, 1.807) is 0 Å². The number of fused-ring (bicyclic) bond motifs is 13. The molecule has 3 aromatic heterocycles. The number of aromatic nitrogens is 3. The molecule has 0 saturated heterocycles. The Labute approximate surface area is 291 Å². The summed E-state index contributed by atoms with van der Waals surface area (Å²) in [5, 5.41) is 3.53. The van der Waals surface area contributed by atoms with Crippen molar-refractivity contribution in [1.29, 1.82) is 0 Å². The Kier molecular flexibility index (Phi) is 5.25. The molecule has 2 aliphatic rings. The third kappa shape index (κ3) is 3.37. The number of rotatable bonds is 2. The first kappa shape index (κ1) is 28.0. The fraction of sp³-hybridized carbons (Fsp3) is 0.128. The average Bonchev–Trinajstić information content (AvgIpc) is 3.81. The van der Waals surface area contributed by atoms with Crippen LogP contribution in [0.3, 0.4) is 0 Å². The van der Waals surface area contributed by atoms with Gasteiger partial charge in [-0.2, -0.15) is 0 Å². The quantitative estimate of drug-likeness (QED) is 0.184. The molecule has 0 bridgehead atoms. The van der Waals surface area contributed by atoms with Gasteiger partial charge in [-0.25, -0.2) is 0 Å². The second-order valence-corrected chi connectivity index (χ2v) is 15.2. The number of hydrogen-bond acceptors (Lipinski definition) is 1. The SMILES string of the molecule is CC1(C)c2ccccc2-c2ccc(-n3c4ccccc4c4cnc5c6ccccc6n(-c6ccc7c(c6)C(C)(C)c6ccccc6-7)c5c43)cc21. The van der Waals surface area contributed by atoms with Crippen molar-refractivity contribution < 1.29 is 0 Å². The lowest BCUT2D eigenvalue weighted by Gasteiger charge is -2.23. The molecule has 0 atom stereocenters. The van der Waals surface area contributed by atoms with E-state index in [1.165, 1.54) is 66.6 Å². The second kappa shape index (κ2) is 9.40. The lowest BCUT2D eigenvalue weighted by atomic mass is 9.82. The molecule has 0 spiro atoms. The Balaban J connectivity index is 1.26. The van der Waals surface area contributed by atoms with Gasteiger partial charge in [0.2, 0.25) is 0 Å². The second-order valence-electron chi connectivity index (χ2n) is 15.2. The lowest BCUT2D eigenvalue weighted by Crippen LogP contribution is -2.15. The summed E-state index contributed by atoms with van der Waals surface area (Å²) in [5.41, 5.74) is 18.7. The van der Waals surface area contributed by atoms with Crippen LogP contribution in [-0.4, -0.2) is 14.1 Å². The summed E-state index contributed by atoms with van der Waals surface area (Å²) in [6, 6.07) is 49.5. The van der Waals surface area contributed by atoms with Crippen molar-refractivity contribution in [3.05, 3.63) is 162 Å². The van der Waals surface area contributed by atoms with Crippen molar-refractivity contribution in [2.24, 2.45) is 0 Å². The molecule has 3 heterocycles. The van der Waals surface area contributed by atoms with Crippen LogP contribution in [0.4, 0.5) is 0 Å². The third-order valence-electron chi connectivity index (χ3n) is 12.0. The number of benzene rings is 6. The minimum atomic E-state index is -0.0992. The highest BCUT2D eigenvalue weighted by atomic mass is 15.1. The zero-order chi connectivity index (χ0) is 33.5. The maximum Gasteiger partial charge on any atom is 0.0985 e. The van der Waals surface area contributed by atoms with Crippen molar-refractivity contribution in [2.75, 3.05) is 0 Å². The summed E-state index contributed by atoms with van der Waals surface area (Å²) >= 11 is 0. The van der Waals surface area contributed by atoms with Gasteiger partial charge >= 0.3 is 0 Å². The van der Waals surface area contributed by atoms with Crippen molar-refractivity contribution in [2.45, 2.75) is 38.5 Å². The van der Waals surface area contributed by atoms with Gasteiger partial charge in [-0.3, -0.25) is 4.98 Å². The highest BCUT2D eigenvalue weighted by Crippen LogP contribution is 2.51. The first-order chi connectivity index (χ1) is 24.3. The minimum Gasteiger partial charge on any atom is -0.307 e. The summed E-state index contributed by atoms with van der Waals surface area (Å²) in [5.74, 6) is 0. The van der Waals surface area contributed by atoms with E-state index in [0.717, 1.165) is 33.0 Å². The monoisotopic (exact) mass is 641 g/mol. The summed E-state index contributed by atoms with van der Waals surface area (Å²) in [6.45, 7) is 9.44. The number of pyridine rings is 1. The van der Waals surface area contributed by atoms with E-state index < -0.39 is 0 Å². The molecule has 0 saturated carbocycles. The number of hydrogen-bond donors (Lipinski definition) is 0. The summed E-state index contributed by atoms with van der Waals surface area (Å²) in [7, 11) is 0. The van der Waals surface area contributed by atoms with Crippen molar-refractivity contribution >= 4 is 43.7 Å². The molecule has 238 valence electrons. The molecule has 0 N–H and O–H groups in total. The zero-order valence-electron chi connectivity index (χ0n) is 28.6. The summed E-state index contributed by atoms with van der Waals surface area (Å²) < 4.78 is 4.97. The summed E-state index contributed by atoms with van der Waals surface area (Å²) in [4.78, 5) is 5.25. The van der Waals surface area contributed by atoms with Crippen LogP contribution in [0.5, 0.6) is 0 Å². The normalized spacial score (nSPS) is 15.1. The molecular weight excluding hydrogens is 607 g/mol. The molecule has 2 aliphatic carbocycles. The van der Waals surface area contributed by atoms with Crippen LogP contribution in [-0.2, 0) is 10.8 Å². The molecule has 0 fully saturated rings.